The van der Waals surface area contributed by atoms with E-state index in [0.717, 1.165) is 22.0 Å². The van der Waals surface area contributed by atoms with E-state index in [2.05, 4.69) is 10.2 Å². The summed E-state index contributed by atoms with van der Waals surface area (Å²) >= 11 is 7.82. The SMILES string of the molecule is CCOc1ccc(C(C)=O)cc1CSc1nnc(-c2ccccc2Cl)n1C. The largest absolute Gasteiger partial charge is 0.494 e. The Morgan fingerprint density at radius 2 is 2.00 bits per heavy atom. The maximum Gasteiger partial charge on any atom is 0.191 e. The summed E-state index contributed by atoms with van der Waals surface area (Å²) in [4.78, 5) is 11.7. The molecular formula is C20H20ClN3O2S. The van der Waals surface area contributed by atoms with Crippen LogP contribution in [0.2, 0.25) is 5.02 Å². The number of nitrogens with zero attached hydrogens (tertiary/aromatic N) is 3. The molecule has 27 heavy (non-hydrogen) atoms. The van der Waals surface area contributed by atoms with Crippen LogP contribution in [0.15, 0.2) is 47.6 Å². The second-order valence-corrected chi connectivity index (χ2v) is 7.30. The number of thioether (sulfide) groups is 1. The van der Waals surface area contributed by atoms with E-state index in [4.69, 9.17) is 16.3 Å². The zero-order chi connectivity index (χ0) is 19.4. The lowest BCUT2D eigenvalue weighted by Gasteiger charge is -2.11. The van der Waals surface area contributed by atoms with Crippen molar-refractivity contribution in [2.75, 3.05) is 6.61 Å². The Morgan fingerprint density at radius 1 is 1.22 bits per heavy atom. The zero-order valence-electron chi connectivity index (χ0n) is 15.4. The van der Waals surface area contributed by atoms with Crippen LogP contribution in [-0.2, 0) is 12.8 Å². The highest BCUT2D eigenvalue weighted by molar-refractivity contribution is 7.98. The standard InChI is InChI=1S/C20H20ClN3O2S/c1-4-26-18-10-9-14(13(2)25)11-15(18)12-27-20-23-22-19(24(20)3)16-7-5-6-8-17(16)21/h5-11H,4,12H2,1-3H3. The number of aromatic nitrogens is 3. The van der Waals surface area contributed by atoms with Crippen molar-refractivity contribution >= 4 is 29.1 Å². The Balaban J connectivity index is 1.84. The van der Waals surface area contributed by atoms with Crippen LogP contribution in [0.4, 0.5) is 0 Å². The van der Waals surface area contributed by atoms with Crippen molar-refractivity contribution < 1.29 is 9.53 Å². The van der Waals surface area contributed by atoms with Gasteiger partial charge in [0.25, 0.3) is 0 Å². The number of carbonyl (C=O) groups is 1. The number of rotatable bonds is 7. The molecule has 3 aromatic rings. The maximum absolute atomic E-state index is 11.7. The number of Topliss-reactive ketones (excluding diaryl/α,β-unsaturated/α-hetero) is 1. The van der Waals surface area contributed by atoms with Crippen LogP contribution in [0.1, 0.15) is 29.8 Å². The molecule has 0 aliphatic rings. The number of halogens is 1. The monoisotopic (exact) mass is 401 g/mol. The number of ketones is 1. The van der Waals surface area contributed by atoms with Crippen LogP contribution in [0, 0.1) is 0 Å². The highest BCUT2D eigenvalue weighted by Crippen LogP contribution is 2.31. The normalized spacial score (nSPS) is 10.8. The van der Waals surface area contributed by atoms with Crippen molar-refractivity contribution in [1.29, 1.82) is 0 Å². The van der Waals surface area contributed by atoms with Gasteiger partial charge in [-0.1, -0.05) is 35.5 Å². The highest BCUT2D eigenvalue weighted by Gasteiger charge is 2.15. The number of hydrogen-bond acceptors (Lipinski definition) is 5. The van der Waals surface area contributed by atoms with Crippen molar-refractivity contribution in [1.82, 2.24) is 14.8 Å². The van der Waals surface area contributed by atoms with Gasteiger partial charge in [-0.2, -0.15) is 0 Å². The molecule has 5 nitrogen and oxygen atoms in total. The van der Waals surface area contributed by atoms with Gasteiger partial charge in [0.15, 0.2) is 16.8 Å². The van der Waals surface area contributed by atoms with Crippen molar-refractivity contribution in [2.24, 2.45) is 7.05 Å². The molecule has 2 aromatic carbocycles. The third kappa shape index (κ3) is 4.34. The molecule has 0 atom stereocenters. The first-order valence-corrected chi connectivity index (χ1v) is 9.91. The first kappa shape index (κ1) is 19.5. The molecule has 7 heteroatoms. The lowest BCUT2D eigenvalue weighted by atomic mass is 10.1. The van der Waals surface area contributed by atoms with Crippen molar-refractivity contribution in [3.63, 3.8) is 0 Å². The summed E-state index contributed by atoms with van der Waals surface area (Å²) in [6.07, 6.45) is 0. The van der Waals surface area contributed by atoms with Gasteiger partial charge in [0, 0.05) is 29.5 Å². The molecule has 0 saturated carbocycles. The minimum Gasteiger partial charge on any atom is -0.494 e. The Bertz CT molecular complexity index is 972. The molecule has 3 rings (SSSR count). The van der Waals surface area contributed by atoms with E-state index < -0.39 is 0 Å². The summed E-state index contributed by atoms with van der Waals surface area (Å²) in [5, 5.41) is 9.98. The minimum atomic E-state index is 0.0314. The number of ether oxygens (including phenoxy) is 1. The van der Waals surface area contributed by atoms with Gasteiger partial charge in [-0.3, -0.25) is 4.79 Å². The fourth-order valence-electron chi connectivity index (χ4n) is 2.67. The lowest BCUT2D eigenvalue weighted by Crippen LogP contribution is -2.00. The third-order valence-corrected chi connectivity index (χ3v) is 5.47. The molecule has 0 aliphatic heterocycles. The second-order valence-electron chi connectivity index (χ2n) is 5.95. The first-order chi connectivity index (χ1) is 13.0. The number of hydrogen-bond donors (Lipinski definition) is 0. The zero-order valence-corrected chi connectivity index (χ0v) is 17.0. The molecule has 0 fully saturated rings. The van der Waals surface area contributed by atoms with Crippen LogP contribution >= 0.6 is 23.4 Å². The molecule has 0 spiro atoms. The van der Waals surface area contributed by atoms with E-state index in [9.17, 15) is 4.79 Å². The molecule has 140 valence electrons. The van der Waals surface area contributed by atoms with Crippen molar-refractivity contribution in [3.8, 4) is 17.1 Å². The molecule has 1 heterocycles. The molecule has 1 aromatic heterocycles. The highest BCUT2D eigenvalue weighted by atomic mass is 35.5. The quantitative estimate of drug-likeness (QED) is 0.410. The predicted octanol–water partition coefficient (Wildman–Crippen LogP) is 5.03. The summed E-state index contributed by atoms with van der Waals surface area (Å²) in [6.45, 7) is 4.07. The average Bonchev–Trinajstić information content (AvgIpc) is 3.02. The van der Waals surface area contributed by atoms with Gasteiger partial charge in [0.2, 0.25) is 0 Å². The van der Waals surface area contributed by atoms with Crippen molar-refractivity contribution in [3.05, 3.63) is 58.6 Å². The molecule has 0 saturated heterocycles. The molecule has 0 aliphatic carbocycles. The number of benzene rings is 2. The third-order valence-electron chi connectivity index (χ3n) is 4.07. The summed E-state index contributed by atoms with van der Waals surface area (Å²) in [5.74, 6) is 2.14. The van der Waals surface area contributed by atoms with Gasteiger partial charge in [-0.05, 0) is 44.2 Å². The Kier molecular flexibility index (Phi) is 6.19. The van der Waals surface area contributed by atoms with Gasteiger partial charge in [-0.15, -0.1) is 10.2 Å². The summed E-state index contributed by atoms with van der Waals surface area (Å²) in [5.41, 5.74) is 2.47. The van der Waals surface area contributed by atoms with E-state index in [1.807, 2.05) is 54.9 Å². The Morgan fingerprint density at radius 3 is 2.70 bits per heavy atom. The predicted molar refractivity (Wildman–Crippen MR) is 109 cm³/mol. The van der Waals surface area contributed by atoms with Gasteiger partial charge in [0.05, 0.1) is 11.6 Å². The van der Waals surface area contributed by atoms with Gasteiger partial charge >= 0.3 is 0 Å². The summed E-state index contributed by atoms with van der Waals surface area (Å²) in [7, 11) is 1.91. The van der Waals surface area contributed by atoms with Crippen LogP contribution in [0.3, 0.4) is 0 Å². The van der Waals surface area contributed by atoms with Crippen LogP contribution < -0.4 is 4.74 Å². The first-order valence-electron chi connectivity index (χ1n) is 8.55. The van der Waals surface area contributed by atoms with Crippen LogP contribution in [0.5, 0.6) is 5.75 Å². The fraction of sp³-hybridized carbons (Fsp3) is 0.250. The van der Waals surface area contributed by atoms with E-state index in [1.54, 1.807) is 13.0 Å². The van der Waals surface area contributed by atoms with E-state index in [0.29, 0.717) is 28.8 Å². The molecular weight excluding hydrogens is 382 g/mol. The Labute approximate surface area is 167 Å². The van der Waals surface area contributed by atoms with E-state index >= 15 is 0 Å². The maximum atomic E-state index is 11.7. The fourth-order valence-corrected chi connectivity index (χ4v) is 3.78. The van der Waals surface area contributed by atoms with Gasteiger partial charge < -0.3 is 9.30 Å². The molecule has 0 radical (unpaired) electrons. The second kappa shape index (κ2) is 8.59. The topological polar surface area (TPSA) is 57.0 Å². The molecule has 0 amide bonds. The molecule has 0 N–H and O–H groups in total. The minimum absolute atomic E-state index is 0.0314. The van der Waals surface area contributed by atoms with Crippen LogP contribution in [0.25, 0.3) is 11.4 Å². The molecule has 0 unspecified atom stereocenters. The summed E-state index contributed by atoms with van der Waals surface area (Å²) in [6, 6.07) is 13.1. The lowest BCUT2D eigenvalue weighted by molar-refractivity contribution is 0.101. The van der Waals surface area contributed by atoms with Gasteiger partial charge in [0.1, 0.15) is 5.75 Å². The van der Waals surface area contributed by atoms with Crippen molar-refractivity contribution in [2.45, 2.75) is 24.8 Å². The van der Waals surface area contributed by atoms with E-state index in [1.165, 1.54) is 11.8 Å². The average molecular weight is 402 g/mol. The van der Waals surface area contributed by atoms with Crippen LogP contribution in [-0.4, -0.2) is 27.2 Å². The number of carbonyl (C=O) groups excluding carboxylic acids is 1. The Hall–Kier alpha value is -2.31. The van der Waals surface area contributed by atoms with Gasteiger partial charge in [-0.25, -0.2) is 0 Å². The van der Waals surface area contributed by atoms with E-state index in [-0.39, 0.29) is 5.78 Å². The smallest absolute Gasteiger partial charge is 0.191 e. The molecule has 0 bridgehead atoms. The summed E-state index contributed by atoms with van der Waals surface area (Å²) < 4.78 is 7.61.